The van der Waals surface area contributed by atoms with E-state index < -0.39 is 5.54 Å². The standard InChI is InChI=1S/C13H20N2O2/c1-4-13(3,14)12(17)15(5-2)10-7-6-8-11(16)9-10/h6-9,16H,4-5,14H2,1-3H3. The van der Waals surface area contributed by atoms with Gasteiger partial charge in [-0.25, -0.2) is 0 Å². The van der Waals surface area contributed by atoms with Crippen molar-refractivity contribution in [3.8, 4) is 5.75 Å². The highest BCUT2D eigenvalue weighted by Gasteiger charge is 2.30. The maximum absolute atomic E-state index is 12.3. The quantitative estimate of drug-likeness (QED) is 0.838. The van der Waals surface area contributed by atoms with E-state index >= 15 is 0 Å². The number of amides is 1. The van der Waals surface area contributed by atoms with Crippen LogP contribution in [-0.2, 0) is 4.79 Å². The molecular weight excluding hydrogens is 216 g/mol. The van der Waals surface area contributed by atoms with Crippen LogP contribution in [0.3, 0.4) is 0 Å². The van der Waals surface area contributed by atoms with Crippen LogP contribution in [0.25, 0.3) is 0 Å². The summed E-state index contributed by atoms with van der Waals surface area (Å²) in [5.41, 5.74) is 5.75. The van der Waals surface area contributed by atoms with Crippen molar-refractivity contribution in [2.45, 2.75) is 32.7 Å². The minimum absolute atomic E-state index is 0.131. The molecule has 0 aliphatic carbocycles. The number of nitrogens with two attached hydrogens (primary N) is 1. The van der Waals surface area contributed by atoms with Gasteiger partial charge in [0.1, 0.15) is 5.75 Å². The molecule has 1 aromatic carbocycles. The average Bonchev–Trinajstić information content (AvgIpc) is 2.30. The van der Waals surface area contributed by atoms with E-state index in [4.69, 9.17) is 5.73 Å². The van der Waals surface area contributed by atoms with Gasteiger partial charge in [0.2, 0.25) is 5.91 Å². The lowest BCUT2D eigenvalue weighted by atomic mass is 9.98. The number of hydrogen-bond donors (Lipinski definition) is 2. The van der Waals surface area contributed by atoms with Crippen LogP contribution in [0.1, 0.15) is 27.2 Å². The summed E-state index contributed by atoms with van der Waals surface area (Å²) in [6.45, 7) is 6.01. The van der Waals surface area contributed by atoms with Gasteiger partial charge in [-0.1, -0.05) is 13.0 Å². The minimum atomic E-state index is -0.874. The normalized spacial score (nSPS) is 14.1. The lowest BCUT2D eigenvalue weighted by Gasteiger charge is -2.30. The fraction of sp³-hybridized carbons (Fsp3) is 0.462. The molecule has 0 aliphatic rings. The molecular formula is C13H20N2O2. The third kappa shape index (κ3) is 2.97. The van der Waals surface area contributed by atoms with Crippen LogP contribution >= 0.6 is 0 Å². The van der Waals surface area contributed by atoms with Crippen molar-refractivity contribution in [1.82, 2.24) is 0 Å². The first-order valence-electron chi connectivity index (χ1n) is 5.82. The Bertz CT molecular complexity index is 402. The second-order valence-corrected chi connectivity index (χ2v) is 4.34. The van der Waals surface area contributed by atoms with Crippen molar-refractivity contribution in [3.05, 3.63) is 24.3 Å². The first kappa shape index (κ1) is 13.5. The zero-order valence-corrected chi connectivity index (χ0v) is 10.6. The molecule has 1 unspecified atom stereocenters. The van der Waals surface area contributed by atoms with Crippen LogP contribution < -0.4 is 10.6 Å². The van der Waals surface area contributed by atoms with Crippen molar-refractivity contribution in [2.24, 2.45) is 5.73 Å². The molecule has 0 heterocycles. The molecule has 17 heavy (non-hydrogen) atoms. The second kappa shape index (κ2) is 5.19. The predicted molar refractivity (Wildman–Crippen MR) is 69.0 cm³/mol. The van der Waals surface area contributed by atoms with Crippen LogP contribution in [0.5, 0.6) is 5.75 Å². The van der Waals surface area contributed by atoms with E-state index in [2.05, 4.69) is 0 Å². The highest BCUT2D eigenvalue weighted by atomic mass is 16.3. The first-order valence-corrected chi connectivity index (χ1v) is 5.82. The Morgan fingerprint density at radius 1 is 1.47 bits per heavy atom. The molecule has 0 saturated carbocycles. The van der Waals surface area contributed by atoms with Crippen LogP contribution in [0.4, 0.5) is 5.69 Å². The van der Waals surface area contributed by atoms with Crippen molar-refractivity contribution in [1.29, 1.82) is 0 Å². The number of carbonyl (C=O) groups excluding carboxylic acids is 1. The van der Waals surface area contributed by atoms with Gasteiger partial charge in [0.05, 0.1) is 5.54 Å². The summed E-state index contributed by atoms with van der Waals surface area (Å²) in [4.78, 5) is 13.8. The summed E-state index contributed by atoms with van der Waals surface area (Å²) in [6.07, 6.45) is 0.571. The Morgan fingerprint density at radius 2 is 2.12 bits per heavy atom. The SMILES string of the molecule is CCN(C(=O)C(C)(N)CC)c1cccc(O)c1. The molecule has 0 saturated heterocycles. The Morgan fingerprint density at radius 3 is 2.59 bits per heavy atom. The number of anilines is 1. The highest BCUT2D eigenvalue weighted by molar-refractivity contribution is 5.99. The summed E-state index contributed by atoms with van der Waals surface area (Å²) < 4.78 is 0. The molecule has 94 valence electrons. The summed E-state index contributed by atoms with van der Waals surface area (Å²) in [7, 11) is 0. The number of aromatic hydroxyl groups is 1. The number of rotatable bonds is 4. The van der Waals surface area contributed by atoms with Crippen molar-refractivity contribution >= 4 is 11.6 Å². The molecule has 0 bridgehead atoms. The number of benzene rings is 1. The Labute approximate surface area is 102 Å². The number of nitrogens with zero attached hydrogens (tertiary/aromatic N) is 1. The summed E-state index contributed by atoms with van der Waals surface area (Å²) in [6, 6.07) is 6.63. The first-order chi connectivity index (χ1) is 7.92. The van der Waals surface area contributed by atoms with Gasteiger partial charge in [0.25, 0.3) is 0 Å². The third-order valence-corrected chi connectivity index (χ3v) is 2.93. The Balaban J connectivity index is 3.04. The van der Waals surface area contributed by atoms with Crippen molar-refractivity contribution < 1.29 is 9.90 Å². The lowest BCUT2D eigenvalue weighted by Crippen LogP contribution is -2.53. The fourth-order valence-electron chi connectivity index (χ4n) is 1.56. The monoisotopic (exact) mass is 236 g/mol. The number of carbonyl (C=O) groups is 1. The molecule has 4 heteroatoms. The molecule has 0 fully saturated rings. The molecule has 1 aromatic rings. The highest BCUT2D eigenvalue weighted by Crippen LogP contribution is 2.22. The van der Waals surface area contributed by atoms with E-state index in [0.29, 0.717) is 18.7 Å². The molecule has 0 aliphatic heterocycles. The molecule has 4 nitrogen and oxygen atoms in total. The van der Waals surface area contributed by atoms with E-state index in [1.54, 1.807) is 36.1 Å². The van der Waals surface area contributed by atoms with Gasteiger partial charge in [-0.2, -0.15) is 0 Å². The lowest BCUT2D eigenvalue weighted by molar-refractivity contribution is -0.123. The van der Waals surface area contributed by atoms with Crippen molar-refractivity contribution in [3.63, 3.8) is 0 Å². The average molecular weight is 236 g/mol. The topological polar surface area (TPSA) is 66.6 Å². The van der Waals surface area contributed by atoms with E-state index in [9.17, 15) is 9.90 Å². The van der Waals surface area contributed by atoms with Gasteiger partial charge in [0, 0.05) is 18.3 Å². The van der Waals surface area contributed by atoms with E-state index in [1.807, 2.05) is 13.8 Å². The van der Waals surface area contributed by atoms with E-state index in [-0.39, 0.29) is 11.7 Å². The number of phenolic OH excluding ortho intramolecular Hbond substituents is 1. The minimum Gasteiger partial charge on any atom is -0.508 e. The van der Waals surface area contributed by atoms with Gasteiger partial charge in [-0.3, -0.25) is 4.79 Å². The molecule has 1 atom stereocenters. The number of phenols is 1. The molecule has 1 amide bonds. The fourth-order valence-corrected chi connectivity index (χ4v) is 1.56. The van der Waals surface area contributed by atoms with Gasteiger partial charge in [-0.05, 0) is 32.4 Å². The summed E-state index contributed by atoms with van der Waals surface area (Å²) in [5.74, 6) is 0.0112. The molecule has 1 rings (SSSR count). The Hall–Kier alpha value is -1.55. The van der Waals surface area contributed by atoms with Gasteiger partial charge in [0.15, 0.2) is 0 Å². The van der Waals surface area contributed by atoms with Crippen molar-refractivity contribution in [2.75, 3.05) is 11.4 Å². The summed E-state index contributed by atoms with van der Waals surface area (Å²) >= 11 is 0. The number of likely N-dealkylation sites (N-methyl/N-ethyl adjacent to an activating group) is 1. The third-order valence-electron chi connectivity index (χ3n) is 2.93. The van der Waals surface area contributed by atoms with Gasteiger partial charge < -0.3 is 15.7 Å². The largest absolute Gasteiger partial charge is 0.508 e. The summed E-state index contributed by atoms with van der Waals surface area (Å²) in [5, 5.41) is 9.43. The Kier molecular flexibility index (Phi) is 4.12. The van der Waals surface area contributed by atoms with Crippen LogP contribution in [0.2, 0.25) is 0 Å². The maximum Gasteiger partial charge on any atom is 0.246 e. The van der Waals surface area contributed by atoms with Crippen LogP contribution in [0.15, 0.2) is 24.3 Å². The van der Waals surface area contributed by atoms with Gasteiger partial charge >= 0.3 is 0 Å². The van der Waals surface area contributed by atoms with E-state index in [1.165, 1.54) is 0 Å². The smallest absolute Gasteiger partial charge is 0.246 e. The molecule has 0 aromatic heterocycles. The maximum atomic E-state index is 12.3. The van der Waals surface area contributed by atoms with Gasteiger partial charge in [-0.15, -0.1) is 0 Å². The number of hydrogen-bond acceptors (Lipinski definition) is 3. The van der Waals surface area contributed by atoms with E-state index in [0.717, 1.165) is 0 Å². The zero-order chi connectivity index (χ0) is 13.1. The molecule has 0 spiro atoms. The second-order valence-electron chi connectivity index (χ2n) is 4.34. The molecule has 0 radical (unpaired) electrons. The molecule has 3 N–H and O–H groups in total. The zero-order valence-electron chi connectivity index (χ0n) is 10.6. The predicted octanol–water partition coefficient (Wildman–Crippen LogP) is 1.87. The van der Waals surface area contributed by atoms with Crippen LogP contribution in [0, 0.1) is 0 Å². The van der Waals surface area contributed by atoms with Crippen LogP contribution in [-0.4, -0.2) is 23.1 Å².